The van der Waals surface area contributed by atoms with Crippen molar-refractivity contribution in [2.45, 2.75) is 13.1 Å². The molecule has 1 amide bonds. The van der Waals surface area contributed by atoms with Crippen molar-refractivity contribution in [3.63, 3.8) is 0 Å². The molecule has 0 aromatic carbocycles. The van der Waals surface area contributed by atoms with Crippen molar-refractivity contribution in [2.24, 2.45) is 0 Å². The van der Waals surface area contributed by atoms with Crippen LogP contribution < -0.4 is 4.90 Å². The molecule has 2 aromatic rings. The summed E-state index contributed by atoms with van der Waals surface area (Å²) >= 11 is 0. The number of piperazine rings is 1. The largest absolute Gasteiger partial charge is 0.346 e. The smallest absolute Gasteiger partial charge is 0.274 e. The van der Waals surface area contributed by atoms with Gasteiger partial charge in [0, 0.05) is 45.1 Å². The molecule has 134 valence electrons. The molecular weight excluding hydrogens is 332 g/mol. The van der Waals surface area contributed by atoms with Gasteiger partial charge in [-0.05, 0) is 13.1 Å². The van der Waals surface area contributed by atoms with Crippen LogP contribution in [0.5, 0.6) is 0 Å². The van der Waals surface area contributed by atoms with Gasteiger partial charge in [-0.15, -0.1) is 0 Å². The third-order valence-corrected chi connectivity index (χ3v) is 4.89. The number of aromatic nitrogens is 4. The molecule has 1 saturated heterocycles. The van der Waals surface area contributed by atoms with Crippen molar-refractivity contribution in [3.8, 4) is 6.07 Å². The first-order valence-corrected chi connectivity index (χ1v) is 8.66. The van der Waals surface area contributed by atoms with Crippen molar-refractivity contribution in [2.75, 3.05) is 44.7 Å². The molecule has 0 bridgehead atoms. The van der Waals surface area contributed by atoms with Gasteiger partial charge in [0.1, 0.15) is 6.07 Å². The molecule has 26 heavy (non-hydrogen) atoms. The molecule has 4 heterocycles. The van der Waals surface area contributed by atoms with Crippen molar-refractivity contribution in [1.82, 2.24) is 29.5 Å². The quantitative estimate of drug-likeness (QED) is 0.748. The van der Waals surface area contributed by atoms with Gasteiger partial charge in [0.05, 0.1) is 18.8 Å². The number of carbonyl (C=O) groups is 1. The molecular formula is C17H20N8O. The van der Waals surface area contributed by atoms with Crippen LogP contribution in [0.3, 0.4) is 0 Å². The highest BCUT2D eigenvalue weighted by Gasteiger charge is 2.26. The van der Waals surface area contributed by atoms with E-state index >= 15 is 0 Å². The van der Waals surface area contributed by atoms with E-state index < -0.39 is 0 Å². The van der Waals surface area contributed by atoms with Gasteiger partial charge in [-0.3, -0.25) is 9.48 Å². The van der Waals surface area contributed by atoms with Crippen molar-refractivity contribution in [3.05, 3.63) is 35.5 Å². The van der Waals surface area contributed by atoms with Gasteiger partial charge in [0.2, 0.25) is 0 Å². The molecule has 0 aliphatic carbocycles. The summed E-state index contributed by atoms with van der Waals surface area (Å²) in [5.74, 6) is 0.568. The molecule has 0 N–H and O–H groups in total. The Labute approximate surface area is 151 Å². The Morgan fingerprint density at radius 2 is 1.88 bits per heavy atom. The number of likely N-dealkylation sites (N-methyl/N-ethyl adjacent to an activating group) is 1. The summed E-state index contributed by atoms with van der Waals surface area (Å²) in [4.78, 5) is 27.2. The topological polar surface area (TPSA) is 94.2 Å². The molecule has 2 aromatic heterocycles. The number of amides is 1. The molecule has 1 fully saturated rings. The van der Waals surface area contributed by atoms with Crippen LogP contribution in [0.1, 0.15) is 21.9 Å². The molecule has 0 radical (unpaired) electrons. The highest BCUT2D eigenvalue weighted by Crippen LogP contribution is 2.22. The molecule has 9 heteroatoms. The first-order chi connectivity index (χ1) is 12.7. The third kappa shape index (κ3) is 2.99. The number of anilines is 1. The van der Waals surface area contributed by atoms with Crippen molar-refractivity contribution < 1.29 is 4.79 Å². The predicted octanol–water partition coefficient (Wildman–Crippen LogP) is -0.0474. The predicted molar refractivity (Wildman–Crippen MR) is 93.4 cm³/mol. The van der Waals surface area contributed by atoms with Gasteiger partial charge in [0.25, 0.3) is 5.91 Å². The minimum atomic E-state index is -0.0104. The molecule has 0 saturated carbocycles. The Hall–Kier alpha value is -2.99. The molecule has 4 rings (SSSR count). The van der Waals surface area contributed by atoms with E-state index in [1.165, 1.54) is 6.20 Å². The maximum atomic E-state index is 12.7. The molecule has 0 unspecified atom stereocenters. The third-order valence-electron chi connectivity index (χ3n) is 4.89. The van der Waals surface area contributed by atoms with E-state index in [0.29, 0.717) is 36.8 Å². The second-order valence-electron chi connectivity index (χ2n) is 6.60. The fourth-order valence-corrected chi connectivity index (χ4v) is 3.36. The van der Waals surface area contributed by atoms with Crippen LogP contribution in [0.15, 0.2) is 18.5 Å². The monoisotopic (exact) mass is 352 g/mol. The lowest BCUT2D eigenvalue weighted by Crippen LogP contribution is -2.47. The van der Waals surface area contributed by atoms with Crippen LogP contribution in [0.25, 0.3) is 0 Å². The first-order valence-electron chi connectivity index (χ1n) is 8.66. The molecule has 2 aliphatic rings. The maximum Gasteiger partial charge on any atom is 0.274 e. The van der Waals surface area contributed by atoms with Crippen LogP contribution in [0.2, 0.25) is 0 Å². The fourth-order valence-electron chi connectivity index (χ4n) is 3.36. The van der Waals surface area contributed by atoms with E-state index in [0.717, 1.165) is 31.9 Å². The minimum absolute atomic E-state index is 0.0104. The van der Waals surface area contributed by atoms with Gasteiger partial charge in [-0.25, -0.2) is 9.97 Å². The number of hydrogen-bond acceptors (Lipinski definition) is 7. The zero-order valence-electron chi connectivity index (χ0n) is 14.7. The Bertz CT molecular complexity index is 862. The summed E-state index contributed by atoms with van der Waals surface area (Å²) in [5, 5.41) is 13.7. The number of nitrogens with zero attached hydrogens (tertiary/aromatic N) is 8. The molecule has 0 spiro atoms. The van der Waals surface area contributed by atoms with E-state index in [2.05, 4.69) is 33.1 Å². The van der Waals surface area contributed by atoms with Gasteiger partial charge in [-0.1, -0.05) is 0 Å². The summed E-state index contributed by atoms with van der Waals surface area (Å²) < 4.78 is 1.88. The van der Waals surface area contributed by atoms with E-state index in [4.69, 9.17) is 0 Å². The zero-order valence-corrected chi connectivity index (χ0v) is 14.7. The summed E-state index contributed by atoms with van der Waals surface area (Å²) in [5.41, 5.74) is 1.75. The van der Waals surface area contributed by atoms with Crippen molar-refractivity contribution in [1.29, 1.82) is 5.26 Å². The molecule has 2 aliphatic heterocycles. The van der Waals surface area contributed by atoms with Crippen LogP contribution >= 0.6 is 0 Å². The summed E-state index contributed by atoms with van der Waals surface area (Å²) in [6.07, 6.45) is 3.10. The molecule has 0 atom stereocenters. The second kappa shape index (κ2) is 6.72. The summed E-state index contributed by atoms with van der Waals surface area (Å²) in [7, 11) is 2.06. The Morgan fingerprint density at radius 3 is 2.65 bits per heavy atom. The van der Waals surface area contributed by atoms with Gasteiger partial charge in [0.15, 0.2) is 17.2 Å². The molecule has 9 nitrogen and oxygen atoms in total. The number of rotatable bonds is 2. The van der Waals surface area contributed by atoms with Crippen LogP contribution in [-0.4, -0.2) is 75.2 Å². The Kier molecular flexibility index (Phi) is 4.26. The summed E-state index contributed by atoms with van der Waals surface area (Å²) in [6.45, 7) is 5.10. The average molecular weight is 352 g/mol. The second-order valence-corrected chi connectivity index (χ2v) is 6.60. The highest BCUT2D eigenvalue weighted by atomic mass is 16.2. The highest BCUT2D eigenvalue weighted by molar-refractivity contribution is 5.92. The number of carbonyl (C=O) groups excluding carboxylic acids is 1. The van der Waals surface area contributed by atoms with Crippen LogP contribution in [0, 0.1) is 11.3 Å². The zero-order chi connectivity index (χ0) is 18.1. The van der Waals surface area contributed by atoms with E-state index in [-0.39, 0.29) is 5.91 Å². The fraction of sp³-hybridized carbons (Fsp3) is 0.471. The van der Waals surface area contributed by atoms with E-state index in [1.807, 2.05) is 20.5 Å². The van der Waals surface area contributed by atoms with E-state index in [9.17, 15) is 10.1 Å². The van der Waals surface area contributed by atoms with Crippen molar-refractivity contribution >= 4 is 11.7 Å². The lowest BCUT2D eigenvalue weighted by molar-refractivity contribution is 0.0657. The van der Waals surface area contributed by atoms with Crippen LogP contribution in [0.4, 0.5) is 5.82 Å². The lowest BCUT2D eigenvalue weighted by atomic mass is 10.2. The SMILES string of the molecule is CN1CCN(C(=O)c2cc3n(n2)CCN(c2nccnc2C#N)C3)CC1. The minimum Gasteiger partial charge on any atom is -0.346 e. The Morgan fingerprint density at radius 1 is 1.12 bits per heavy atom. The number of hydrogen-bond donors (Lipinski definition) is 0. The van der Waals surface area contributed by atoms with E-state index in [1.54, 1.807) is 6.20 Å². The maximum absolute atomic E-state index is 12.7. The first kappa shape index (κ1) is 16.5. The van der Waals surface area contributed by atoms with Gasteiger partial charge in [-0.2, -0.15) is 10.4 Å². The Balaban J connectivity index is 1.52. The number of nitriles is 1. The van der Waals surface area contributed by atoms with Gasteiger partial charge >= 0.3 is 0 Å². The average Bonchev–Trinajstić information content (AvgIpc) is 3.11. The lowest BCUT2D eigenvalue weighted by Gasteiger charge is -2.31. The normalized spacial score (nSPS) is 17.7. The summed E-state index contributed by atoms with van der Waals surface area (Å²) in [6, 6.07) is 3.94. The van der Waals surface area contributed by atoms with Crippen LogP contribution in [-0.2, 0) is 13.1 Å². The number of fused-ring (bicyclic) bond motifs is 1. The van der Waals surface area contributed by atoms with Gasteiger partial charge < -0.3 is 14.7 Å². The standard InChI is InChI=1S/C17H20N8O/c1-22-4-6-23(7-5-22)17(26)14-10-13-12-24(8-9-25(13)21-14)16-15(11-18)19-2-3-20-16/h2-3,10H,4-9,12H2,1H3.